The van der Waals surface area contributed by atoms with Gasteiger partial charge in [-0.3, -0.25) is 0 Å². The molecule has 0 radical (unpaired) electrons. The van der Waals surface area contributed by atoms with Crippen LogP contribution < -0.4 is 5.43 Å². The fourth-order valence-electron chi connectivity index (χ4n) is 1.81. The van der Waals surface area contributed by atoms with Crippen molar-refractivity contribution < 1.29 is 10.2 Å². The zero-order valence-electron chi connectivity index (χ0n) is 10.4. The number of phenolic OH excluding ortho intramolecular Hbond substituents is 2. The molecule has 0 unspecified atom stereocenters. The lowest BCUT2D eigenvalue weighted by Gasteiger charge is -1.99. The summed E-state index contributed by atoms with van der Waals surface area (Å²) < 4.78 is 0. The van der Waals surface area contributed by atoms with Crippen LogP contribution in [0.3, 0.4) is 0 Å². The number of nitrogens with zero attached hydrogens (tertiary/aromatic N) is 2. The molecule has 0 atom stereocenters. The van der Waals surface area contributed by atoms with Gasteiger partial charge in [0.15, 0.2) is 0 Å². The lowest BCUT2D eigenvalue weighted by atomic mass is 10.2. The van der Waals surface area contributed by atoms with E-state index in [0.29, 0.717) is 11.5 Å². The highest BCUT2D eigenvalue weighted by atomic mass is 16.3. The van der Waals surface area contributed by atoms with Crippen LogP contribution in [0.25, 0.3) is 11.0 Å². The molecule has 6 nitrogen and oxygen atoms in total. The lowest BCUT2D eigenvalue weighted by Crippen LogP contribution is -1.92. The maximum absolute atomic E-state index is 9.60. The van der Waals surface area contributed by atoms with E-state index < -0.39 is 0 Å². The number of hydrogen-bond donors (Lipinski definition) is 4. The number of fused-ring (bicyclic) bond motifs is 1. The Hall–Kier alpha value is -3.02. The molecule has 1 heterocycles. The number of anilines is 1. The molecule has 20 heavy (non-hydrogen) atoms. The summed E-state index contributed by atoms with van der Waals surface area (Å²) in [6, 6.07) is 11.9. The van der Waals surface area contributed by atoms with Gasteiger partial charge in [0.25, 0.3) is 0 Å². The molecule has 0 saturated carbocycles. The number of H-pyrrole nitrogens is 1. The Morgan fingerprint density at radius 2 is 2.00 bits per heavy atom. The van der Waals surface area contributed by atoms with Gasteiger partial charge in [0, 0.05) is 11.6 Å². The van der Waals surface area contributed by atoms with Crippen molar-refractivity contribution >= 4 is 23.2 Å². The molecule has 0 amide bonds. The van der Waals surface area contributed by atoms with Crippen molar-refractivity contribution in [1.82, 2.24) is 9.97 Å². The fraction of sp³-hybridized carbons (Fsp3) is 0. The molecule has 0 aliphatic heterocycles. The zero-order chi connectivity index (χ0) is 13.9. The van der Waals surface area contributed by atoms with Crippen LogP contribution in [0.5, 0.6) is 11.5 Å². The zero-order valence-corrected chi connectivity index (χ0v) is 10.4. The number of aromatic nitrogens is 2. The minimum atomic E-state index is -0.0415. The fourth-order valence-corrected chi connectivity index (χ4v) is 1.81. The second-order valence-corrected chi connectivity index (χ2v) is 4.22. The third kappa shape index (κ3) is 2.39. The first kappa shape index (κ1) is 12.0. The largest absolute Gasteiger partial charge is 0.508 e. The molecular weight excluding hydrogens is 256 g/mol. The molecule has 2 aromatic carbocycles. The predicted octanol–water partition coefficient (Wildman–Crippen LogP) is 2.42. The standard InChI is InChI=1S/C14H12N4O2/c19-10-6-5-9(13(20)7-10)8-15-18-14-16-11-3-1-2-4-12(11)17-14/h1-8,19-20H,(H2,16,17,18). The van der Waals surface area contributed by atoms with Crippen molar-refractivity contribution in [3.8, 4) is 11.5 Å². The number of benzene rings is 2. The number of nitrogens with one attached hydrogen (secondary N) is 2. The number of aromatic hydroxyl groups is 2. The molecule has 0 spiro atoms. The minimum absolute atomic E-state index is 0.00453. The monoisotopic (exact) mass is 268 g/mol. The van der Waals surface area contributed by atoms with Gasteiger partial charge < -0.3 is 15.2 Å². The number of para-hydroxylation sites is 2. The summed E-state index contributed by atoms with van der Waals surface area (Å²) in [7, 11) is 0. The normalized spacial score (nSPS) is 11.2. The average molecular weight is 268 g/mol. The Balaban J connectivity index is 1.76. The molecule has 0 bridgehead atoms. The molecule has 0 aliphatic rings. The van der Waals surface area contributed by atoms with Gasteiger partial charge in [-0.2, -0.15) is 5.10 Å². The van der Waals surface area contributed by atoms with E-state index in [1.165, 1.54) is 18.3 Å². The highest BCUT2D eigenvalue weighted by Gasteiger charge is 2.01. The second kappa shape index (κ2) is 4.93. The smallest absolute Gasteiger partial charge is 0.222 e. The first-order valence-electron chi connectivity index (χ1n) is 5.98. The number of aromatic amines is 1. The van der Waals surface area contributed by atoms with Crippen molar-refractivity contribution in [3.05, 3.63) is 48.0 Å². The first-order valence-corrected chi connectivity index (χ1v) is 5.98. The van der Waals surface area contributed by atoms with Crippen LogP contribution in [0.15, 0.2) is 47.6 Å². The number of phenols is 2. The van der Waals surface area contributed by atoms with E-state index in [2.05, 4.69) is 20.5 Å². The van der Waals surface area contributed by atoms with Crippen LogP contribution in [-0.4, -0.2) is 26.4 Å². The molecule has 3 rings (SSSR count). The molecular formula is C14H12N4O2. The van der Waals surface area contributed by atoms with Crippen LogP contribution in [-0.2, 0) is 0 Å². The summed E-state index contributed by atoms with van der Waals surface area (Å²) >= 11 is 0. The Labute approximate surface area is 114 Å². The Morgan fingerprint density at radius 1 is 1.15 bits per heavy atom. The van der Waals surface area contributed by atoms with Crippen molar-refractivity contribution in [1.29, 1.82) is 0 Å². The highest BCUT2D eigenvalue weighted by Crippen LogP contribution is 2.21. The average Bonchev–Trinajstić information content (AvgIpc) is 2.84. The lowest BCUT2D eigenvalue weighted by molar-refractivity contribution is 0.450. The third-order valence-electron chi connectivity index (χ3n) is 2.78. The van der Waals surface area contributed by atoms with Gasteiger partial charge >= 0.3 is 0 Å². The summed E-state index contributed by atoms with van der Waals surface area (Å²) in [5.74, 6) is 0.478. The molecule has 100 valence electrons. The van der Waals surface area contributed by atoms with Gasteiger partial charge in [0.2, 0.25) is 5.95 Å². The van der Waals surface area contributed by atoms with Gasteiger partial charge in [0.05, 0.1) is 17.2 Å². The Morgan fingerprint density at radius 3 is 2.80 bits per heavy atom. The van der Waals surface area contributed by atoms with Crippen molar-refractivity contribution in [2.45, 2.75) is 0 Å². The van der Waals surface area contributed by atoms with E-state index in [0.717, 1.165) is 11.0 Å². The summed E-state index contributed by atoms with van der Waals surface area (Å²) in [5, 5.41) is 22.8. The van der Waals surface area contributed by atoms with Crippen LogP contribution in [0.2, 0.25) is 0 Å². The van der Waals surface area contributed by atoms with Crippen molar-refractivity contribution in [2.75, 3.05) is 5.43 Å². The van der Waals surface area contributed by atoms with Gasteiger partial charge in [-0.25, -0.2) is 10.4 Å². The molecule has 0 aliphatic carbocycles. The highest BCUT2D eigenvalue weighted by molar-refractivity contribution is 5.84. The topological polar surface area (TPSA) is 93.5 Å². The summed E-state index contributed by atoms with van der Waals surface area (Å²) in [6.45, 7) is 0. The quantitative estimate of drug-likeness (QED) is 0.433. The number of rotatable bonds is 3. The Bertz CT molecular complexity index is 747. The summed E-state index contributed by atoms with van der Waals surface area (Å²) in [4.78, 5) is 7.36. The van der Waals surface area contributed by atoms with Crippen molar-refractivity contribution in [3.63, 3.8) is 0 Å². The van der Waals surface area contributed by atoms with Crippen LogP contribution in [0, 0.1) is 0 Å². The maximum Gasteiger partial charge on any atom is 0.222 e. The SMILES string of the molecule is Oc1ccc(C=NNc2nc3ccccc3[nH]2)c(O)c1. The predicted molar refractivity (Wildman–Crippen MR) is 77.1 cm³/mol. The molecule has 4 N–H and O–H groups in total. The van der Waals surface area contributed by atoms with E-state index in [-0.39, 0.29) is 11.5 Å². The van der Waals surface area contributed by atoms with Gasteiger partial charge in [-0.1, -0.05) is 12.1 Å². The number of hydrogen-bond acceptors (Lipinski definition) is 5. The molecule has 0 saturated heterocycles. The van der Waals surface area contributed by atoms with E-state index in [1.54, 1.807) is 6.07 Å². The van der Waals surface area contributed by atoms with Gasteiger partial charge in [-0.05, 0) is 24.3 Å². The van der Waals surface area contributed by atoms with E-state index >= 15 is 0 Å². The minimum Gasteiger partial charge on any atom is -0.508 e. The van der Waals surface area contributed by atoms with E-state index in [9.17, 15) is 10.2 Å². The van der Waals surface area contributed by atoms with Gasteiger partial charge in [-0.15, -0.1) is 0 Å². The van der Waals surface area contributed by atoms with Crippen LogP contribution in [0.4, 0.5) is 5.95 Å². The maximum atomic E-state index is 9.60. The number of imidazole rings is 1. The summed E-state index contributed by atoms with van der Waals surface area (Å²) in [6.07, 6.45) is 1.45. The molecule has 0 fully saturated rings. The van der Waals surface area contributed by atoms with Gasteiger partial charge in [0.1, 0.15) is 11.5 Å². The first-order chi connectivity index (χ1) is 9.72. The second-order valence-electron chi connectivity index (χ2n) is 4.22. The summed E-state index contributed by atoms with van der Waals surface area (Å²) in [5.41, 5.74) is 5.01. The molecule has 1 aromatic heterocycles. The number of hydrazone groups is 1. The van der Waals surface area contributed by atoms with Crippen LogP contribution >= 0.6 is 0 Å². The molecule has 3 aromatic rings. The van der Waals surface area contributed by atoms with Crippen molar-refractivity contribution in [2.24, 2.45) is 5.10 Å². The van der Waals surface area contributed by atoms with Crippen LogP contribution in [0.1, 0.15) is 5.56 Å². The third-order valence-corrected chi connectivity index (χ3v) is 2.78. The Kier molecular flexibility index (Phi) is 2.96. The molecule has 6 heteroatoms. The van der Waals surface area contributed by atoms with E-state index in [4.69, 9.17) is 0 Å². The van der Waals surface area contributed by atoms with E-state index in [1.807, 2.05) is 24.3 Å².